The molecule has 8 nitrogen and oxygen atoms in total. The van der Waals surface area contributed by atoms with Gasteiger partial charge in [-0.25, -0.2) is 4.79 Å². The SMILES string of the molecule is O=C(COC(=O)c1occc1COc1ccccc1)Nc1cccc2c1C(=O)c1ccccc1C2=O. The lowest BCUT2D eigenvalue weighted by Gasteiger charge is -2.20. The number of ether oxygens (including phenoxy) is 2. The molecule has 0 atom stereocenters. The van der Waals surface area contributed by atoms with Crippen molar-refractivity contribution in [2.24, 2.45) is 0 Å². The lowest BCUT2D eigenvalue weighted by molar-refractivity contribution is -0.119. The third kappa shape index (κ3) is 4.39. The van der Waals surface area contributed by atoms with Gasteiger partial charge in [0, 0.05) is 22.3 Å². The van der Waals surface area contributed by atoms with E-state index in [4.69, 9.17) is 13.9 Å². The van der Waals surface area contributed by atoms with Crippen LogP contribution in [-0.2, 0) is 16.1 Å². The fraction of sp³-hybridized carbons (Fsp3) is 0.0714. The summed E-state index contributed by atoms with van der Waals surface area (Å²) in [5, 5.41) is 2.57. The van der Waals surface area contributed by atoms with Crippen LogP contribution < -0.4 is 10.1 Å². The van der Waals surface area contributed by atoms with Gasteiger partial charge in [0.2, 0.25) is 5.76 Å². The topological polar surface area (TPSA) is 112 Å². The van der Waals surface area contributed by atoms with Crippen molar-refractivity contribution in [2.75, 3.05) is 11.9 Å². The second kappa shape index (κ2) is 9.71. The van der Waals surface area contributed by atoms with Gasteiger partial charge < -0.3 is 19.2 Å². The number of nitrogens with one attached hydrogen (secondary N) is 1. The van der Waals surface area contributed by atoms with Crippen molar-refractivity contribution in [3.8, 4) is 5.75 Å². The summed E-state index contributed by atoms with van der Waals surface area (Å²) in [7, 11) is 0. The second-order valence-corrected chi connectivity index (χ2v) is 7.93. The first-order valence-corrected chi connectivity index (χ1v) is 11.1. The van der Waals surface area contributed by atoms with Crippen LogP contribution in [0.1, 0.15) is 48.0 Å². The largest absolute Gasteiger partial charge is 0.489 e. The van der Waals surface area contributed by atoms with E-state index in [0.717, 1.165) is 0 Å². The molecule has 1 aliphatic carbocycles. The monoisotopic (exact) mass is 481 g/mol. The molecule has 8 heteroatoms. The molecule has 0 unspecified atom stereocenters. The molecule has 4 aromatic rings. The molecule has 0 saturated heterocycles. The van der Waals surface area contributed by atoms with Crippen LogP contribution in [0, 0.1) is 0 Å². The Kier molecular flexibility index (Phi) is 6.15. The molecule has 0 bridgehead atoms. The van der Waals surface area contributed by atoms with E-state index in [-0.39, 0.29) is 46.3 Å². The number of hydrogen-bond donors (Lipinski definition) is 1. The molecule has 1 aromatic heterocycles. The first kappa shape index (κ1) is 22.8. The molecule has 3 aromatic carbocycles. The van der Waals surface area contributed by atoms with Crippen LogP contribution in [0.3, 0.4) is 0 Å². The van der Waals surface area contributed by atoms with Crippen LogP contribution >= 0.6 is 0 Å². The van der Waals surface area contributed by atoms with Crippen LogP contribution in [0.25, 0.3) is 0 Å². The van der Waals surface area contributed by atoms with E-state index >= 15 is 0 Å². The highest BCUT2D eigenvalue weighted by Crippen LogP contribution is 2.32. The molecule has 178 valence electrons. The number of benzene rings is 3. The number of ketones is 2. The number of para-hydroxylation sites is 1. The van der Waals surface area contributed by atoms with Gasteiger partial charge in [-0.3, -0.25) is 14.4 Å². The Morgan fingerprint density at radius 2 is 1.47 bits per heavy atom. The van der Waals surface area contributed by atoms with Crippen molar-refractivity contribution in [1.82, 2.24) is 0 Å². The maximum atomic E-state index is 13.1. The van der Waals surface area contributed by atoms with Crippen LogP contribution in [0.2, 0.25) is 0 Å². The van der Waals surface area contributed by atoms with E-state index in [2.05, 4.69) is 5.32 Å². The minimum absolute atomic E-state index is 0.0743. The quantitative estimate of drug-likeness (QED) is 0.342. The van der Waals surface area contributed by atoms with Crippen molar-refractivity contribution >= 4 is 29.1 Å². The highest BCUT2D eigenvalue weighted by molar-refractivity contribution is 6.30. The number of carbonyl (C=O) groups is 4. The number of furan rings is 1. The third-order valence-corrected chi connectivity index (χ3v) is 5.63. The Morgan fingerprint density at radius 3 is 2.25 bits per heavy atom. The normalized spacial score (nSPS) is 11.9. The maximum Gasteiger partial charge on any atom is 0.375 e. The van der Waals surface area contributed by atoms with Gasteiger partial charge in [0.25, 0.3) is 5.91 Å². The highest BCUT2D eigenvalue weighted by Gasteiger charge is 2.31. The van der Waals surface area contributed by atoms with Gasteiger partial charge in [-0.2, -0.15) is 0 Å². The van der Waals surface area contributed by atoms with Crippen molar-refractivity contribution in [3.63, 3.8) is 0 Å². The molecule has 36 heavy (non-hydrogen) atoms. The molecule has 5 rings (SSSR count). The summed E-state index contributed by atoms with van der Waals surface area (Å²) < 4.78 is 16.0. The number of esters is 1. The highest BCUT2D eigenvalue weighted by atomic mass is 16.5. The third-order valence-electron chi connectivity index (χ3n) is 5.63. The van der Waals surface area contributed by atoms with Gasteiger partial charge in [0.15, 0.2) is 18.2 Å². The van der Waals surface area contributed by atoms with Crippen LogP contribution in [0.4, 0.5) is 5.69 Å². The summed E-state index contributed by atoms with van der Waals surface area (Å²) in [6.45, 7) is -0.550. The number of fused-ring (bicyclic) bond motifs is 2. The molecular formula is C28H19NO7. The summed E-state index contributed by atoms with van der Waals surface area (Å²) in [4.78, 5) is 51.0. The van der Waals surface area contributed by atoms with Crippen LogP contribution in [0.15, 0.2) is 89.5 Å². The molecule has 1 amide bonds. The van der Waals surface area contributed by atoms with E-state index in [1.807, 2.05) is 18.2 Å². The number of rotatable bonds is 7. The Bertz CT molecular complexity index is 1490. The zero-order valence-electron chi connectivity index (χ0n) is 18.9. The summed E-state index contributed by atoms with van der Waals surface area (Å²) in [5.74, 6) is -1.63. The molecule has 1 heterocycles. The van der Waals surface area contributed by atoms with E-state index in [1.165, 1.54) is 18.4 Å². The molecule has 0 saturated carbocycles. The molecule has 0 radical (unpaired) electrons. The van der Waals surface area contributed by atoms with Crippen LogP contribution in [-0.4, -0.2) is 30.0 Å². The molecule has 1 aliphatic rings. The fourth-order valence-corrected chi connectivity index (χ4v) is 3.94. The van der Waals surface area contributed by atoms with Gasteiger partial charge in [0.05, 0.1) is 17.5 Å². The van der Waals surface area contributed by atoms with Crippen molar-refractivity contribution in [3.05, 3.63) is 119 Å². The van der Waals surface area contributed by atoms with Crippen molar-refractivity contribution in [2.45, 2.75) is 6.61 Å². The molecule has 0 aliphatic heterocycles. The first-order valence-electron chi connectivity index (χ1n) is 11.1. The summed E-state index contributed by atoms with van der Waals surface area (Å²) in [6, 6.07) is 21.8. The van der Waals surface area contributed by atoms with E-state index in [9.17, 15) is 19.2 Å². The van der Waals surface area contributed by atoms with Gasteiger partial charge in [-0.1, -0.05) is 54.6 Å². The number of carbonyl (C=O) groups excluding carboxylic acids is 4. The average molecular weight is 481 g/mol. The smallest absolute Gasteiger partial charge is 0.375 e. The lowest BCUT2D eigenvalue weighted by atomic mass is 9.83. The van der Waals surface area contributed by atoms with Gasteiger partial charge in [-0.15, -0.1) is 0 Å². The Hall–Kier alpha value is -4.98. The number of amides is 1. The number of anilines is 1. The standard InChI is InChI=1S/C28H19NO7/c30-23(16-36-28(33)27-17(13-14-34-27)15-35-18-7-2-1-3-8-18)29-22-12-6-11-21-24(22)26(32)20-10-5-4-9-19(20)25(21)31/h1-14H,15-16H2,(H,29,30). The van der Waals surface area contributed by atoms with Gasteiger partial charge >= 0.3 is 5.97 Å². The van der Waals surface area contributed by atoms with Crippen LogP contribution in [0.5, 0.6) is 5.75 Å². The van der Waals surface area contributed by atoms with Gasteiger partial charge in [0.1, 0.15) is 12.4 Å². The zero-order valence-corrected chi connectivity index (χ0v) is 18.9. The van der Waals surface area contributed by atoms with Gasteiger partial charge in [-0.05, 0) is 24.3 Å². The minimum Gasteiger partial charge on any atom is -0.489 e. The maximum absolute atomic E-state index is 13.1. The summed E-state index contributed by atoms with van der Waals surface area (Å²) in [6.07, 6.45) is 1.33. The summed E-state index contributed by atoms with van der Waals surface area (Å²) in [5.41, 5.74) is 1.52. The second-order valence-electron chi connectivity index (χ2n) is 7.93. The average Bonchev–Trinajstić information content (AvgIpc) is 3.38. The predicted octanol–water partition coefficient (Wildman–Crippen LogP) is 4.43. The van der Waals surface area contributed by atoms with E-state index in [0.29, 0.717) is 16.9 Å². The number of hydrogen-bond acceptors (Lipinski definition) is 7. The minimum atomic E-state index is -0.836. The Labute approximate surface area is 205 Å². The Balaban J connectivity index is 1.24. The predicted molar refractivity (Wildman–Crippen MR) is 128 cm³/mol. The van der Waals surface area contributed by atoms with Crippen molar-refractivity contribution < 1.29 is 33.1 Å². The van der Waals surface area contributed by atoms with E-state index in [1.54, 1.807) is 48.5 Å². The molecule has 0 fully saturated rings. The summed E-state index contributed by atoms with van der Waals surface area (Å²) >= 11 is 0. The zero-order chi connectivity index (χ0) is 25.1. The molecule has 0 spiro atoms. The van der Waals surface area contributed by atoms with Crippen molar-refractivity contribution in [1.29, 1.82) is 0 Å². The van der Waals surface area contributed by atoms with E-state index < -0.39 is 18.5 Å². The fourth-order valence-electron chi connectivity index (χ4n) is 3.94. The Morgan fingerprint density at radius 1 is 0.778 bits per heavy atom. The first-order chi connectivity index (χ1) is 17.5. The molecular weight excluding hydrogens is 462 g/mol. The molecule has 1 N–H and O–H groups in total. The lowest BCUT2D eigenvalue weighted by Crippen LogP contribution is -2.26.